The molecule has 22 heavy (non-hydrogen) atoms. The molecular weight excluding hydrogens is 296 g/mol. The first-order chi connectivity index (χ1) is 10.7. The van der Waals surface area contributed by atoms with Crippen molar-refractivity contribution in [1.29, 1.82) is 0 Å². The molecule has 0 atom stereocenters. The topological polar surface area (TPSA) is 60.9 Å². The quantitative estimate of drug-likeness (QED) is 0.906. The number of thioether (sulfide) groups is 1. The van der Waals surface area contributed by atoms with Crippen molar-refractivity contribution >= 4 is 23.4 Å². The Bertz CT molecular complexity index is 639. The van der Waals surface area contributed by atoms with Gasteiger partial charge < -0.3 is 9.80 Å². The maximum atomic E-state index is 4.50. The number of fused-ring (bicyclic) bond motifs is 1. The predicted molar refractivity (Wildman–Crippen MR) is 91.8 cm³/mol. The van der Waals surface area contributed by atoms with Crippen molar-refractivity contribution in [2.24, 2.45) is 0 Å². The van der Waals surface area contributed by atoms with E-state index in [0.717, 1.165) is 43.3 Å². The number of H-pyrrole nitrogens is 1. The molecular formula is C15H22N6S. The summed E-state index contributed by atoms with van der Waals surface area (Å²) in [5, 5.41) is 7.71. The maximum Gasteiger partial charge on any atom is 0.134 e. The smallest absolute Gasteiger partial charge is 0.134 e. The van der Waals surface area contributed by atoms with Crippen LogP contribution in [-0.4, -0.2) is 52.8 Å². The van der Waals surface area contributed by atoms with Crippen LogP contribution in [0.3, 0.4) is 0 Å². The first kappa shape index (κ1) is 15.1. The number of anilines is 2. The number of nitrogens with zero attached hydrogens (tertiary/aromatic N) is 5. The summed E-state index contributed by atoms with van der Waals surface area (Å²) >= 11 is 1.86. The van der Waals surface area contributed by atoms with Crippen LogP contribution in [0.25, 0.3) is 0 Å². The molecule has 0 saturated carbocycles. The van der Waals surface area contributed by atoms with Crippen molar-refractivity contribution in [2.75, 3.05) is 42.4 Å². The van der Waals surface area contributed by atoms with E-state index in [-0.39, 0.29) is 0 Å². The molecule has 0 fully saturated rings. The van der Waals surface area contributed by atoms with Gasteiger partial charge in [-0.3, -0.25) is 5.10 Å². The Hall–Kier alpha value is -1.76. The first-order valence-corrected chi connectivity index (χ1v) is 8.86. The highest BCUT2D eigenvalue weighted by molar-refractivity contribution is 7.98. The standard InChI is InChI=1S/C15H22N6S/c1-20(2)14-8-15(17-10-16-14)21-6-4-12-11(9-21)13(19-18-12)5-7-22-3/h8,10H,4-7,9H2,1-3H3,(H,18,19). The van der Waals surface area contributed by atoms with Crippen molar-refractivity contribution < 1.29 is 0 Å². The number of aromatic nitrogens is 4. The van der Waals surface area contributed by atoms with Gasteiger partial charge in [0.25, 0.3) is 0 Å². The van der Waals surface area contributed by atoms with Gasteiger partial charge in [-0.1, -0.05) is 0 Å². The lowest BCUT2D eigenvalue weighted by molar-refractivity contribution is 0.706. The van der Waals surface area contributed by atoms with Gasteiger partial charge in [-0.2, -0.15) is 16.9 Å². The Morgan fingerprint density at radius 3 is 3.00 bits per heavy atom. The van der Waals surface area contributed by atoms with E-state index in [9.17, 15) is 0 Å². The Labute approximate surface area is 135 Å². The highest BCUT2D eigenvalue weighted by Crippen LogP contribution is 2.26. The second kappa shape index (κ2) is 6.56. The van der Waals surface area contributed by atoms with E-state index in [0.29, 0.717) is 0 Å². The van der Waals surface area contributed by atoms with Gasteiger partial charge in [-0.25, -0.2) is 9.97 Å². The lowest BCUT2D eigenvalue weighted by Gasteiger charge is -2.28. The largest absolute Gasteiger partial charge is 0.363 e. The molecule has 6 nitrogen and oxygen atoms in total. The lowest BCUT2D eigenvalue weighted by atomic mass is 10.0. The average Bonchev–Trinajstić information content (AvgIpc) is 2.95. The molecule has 7 heteroatoms. The third-order valence-electron chi connectivity index (χ3n) is 3.98. The van der Waals surface area contributed by atoms with Crippen LogP contribution in [0.1, 0.15) is 17.0 Å². The fraction of sp³-hybridized carbons (Fsp3) is 0.533. The Kier molecular flexibility index (Phi) is 4.52. The third-order valence-corrected chi connectivity index (χ3v) is 4.59. The number of hydrogen-bond acceptors (Lipinski definition) is 6. The van der Waals surface area contributed by atoms with Crippen LogP contribution in [0.2, 0.25) is 0 Å². The van der Waals surface area contributed by atoms with Crippen LogP contribution in [0.15, 0.2) is 12.4 Å². The fourth-order valence-corrected chi connectivity index (χ4v) is 3.11. The molecule has 1 aliphatic rings. The monoisotopic (exact) mass is 318 g/mol. The summed E-state index contributed by atoms with van der Waals surface area (Å²) in [6.45, 7) is 1.83. The van der Waals surface area contributed by atoms with Crippen molar-refractivity contribution in [3.63, 3.8) is 0 Å². The predicted octanol–water partition coefficient (Wildman–Crippen LogP) is 1.73. The molecule has 2 aromatic rings. The Morgan fingerprint density at radius 1 is 1.36 bits per heavy atom. The molecule has 3 heterocycles. The minimum atomic E-state index is 0.874. The Balaban J connectivity index is 1.81. The van der Waals surface area contributed by atoms with Crippen molar-refractivity contribution in [2.45, 2.75) is 19.4 Å². The second-order valence-electron chi connectivity index (χ2n) is 5.67. The molecule has 0 spiro atoms. The molecule has 0 radical (unpaired) electrons. The third kappa shape index (κ3) is 3.04. The fourth-order valence-electron chi connectivity index (χ4n) is 2.71. The molecule has 0 unspecified atom stereocenters. The van der Waals surface area contributed by atoms with E-state index in [1.165, 1.54) is 17.0 Å². The first-order valence-electron chi connectivity index (χ1n) is 7.47. The average molecular weight is 318 g/mol. The van der Waals surface area contributed by atoms with Crippen LogP contribution < -0.4 is 9.80 Å². The summed E-state index contributed by atoms with van der Waals surface area (Å²) in [7, 11) is 3.99. The van der Waals surface area contributed by atoms with Gasteiger partial charge in [0.15, 0.2) is 0 Å². The van der Waals surface area contributed by atoms with Crippen LogP contribution in [-0.2, 0) is 19.4 Å². The highest BCUT2D eigenvalue weighted by atomic mass is 32.2. The molecule has 2 aromatic heterocycles. The van der Waals surface area contributed by atoms with Gasteiger partial charge in [-0.15, -0.1) is 0 Å². The van der Waals surface area contributed by atoms with Gasteiger partial charge in [0.1, 0.15) is 18.0 Å². The molecule has 3 rings (SSSR count). The van der Waals surface area contributed by atoms with Crippen LogP contribution >= 0.6 is 11.8 Å². The van der Waals surface area contributed by atoms with Crippen LogP contribution in [0.5, 0.6) is 0 Å². The summed E-state index contributed by atoms with van der Waals surface area (Å²) in [6, 6.07) is 2.05. The SMILES string of the molecule is CSCCc1n[nH]c2c1CN(c1cc(N(C)C)ncn1)CC2. The summed E-state index contributed by atoms with van der Waals surface area (Å²) in [5.41, 5.74) is 3.84. The number of aromatic amines is 1. The van der Waals surface area contributed by atoms with Gasteiger partial charge in [0.2, 0.25) is 0 Å². The zero-order chi connectivity index (χ0) is 15.5. The molecule has 0 saturated heterocycles. The summed E-state index contributed by atoms with van der Waals surface area (Å²) in [5.74, 6) is 3.03. The number of hydrogen-bond donors (Lipinski definition) is 1. The van der Waals surface area contributed by atoms with Crippen molar-refractivity contribution in [3.05, 3.63) is 29.3 Å². The van der Waals surface area contributed by atoms with Crippen molar-refractivity contribution in [3.8, 4) is 0 Å². The van der Waals surface area contributed by atoms with Crippen molar-refractivity contribution in [1.82, 2.24) is 20.2 Å². The molecule has 1 N–H and O–H groups in total. The van der Waals surface area contributed by atoms with Gasteiger partial charge in [-0.05, 0) is 12.0 Å². The molecule has 0 aliphatic carbocycles. The minimum Gasteiger partial charge on any atom is -0.363 e. The number of aryl methyl sites for hydroxylation is 1. The van der Waals surface area contributed by atoms with Gasteiger partial charge >= 0.3 is 0 Å². The number of nitrogens with one attached hydrogen (secondary N) is 1. The summed E-state index contributed by atoms with van der Waals surface area (Å²) < 4.78 is 0. The zero-order valence-electron chi connectivity index (χ0n) is 13.3. The van der Waals surface area contributed by atoms with E-state index in [4.69, 9.17) is 0 Å². The molecule has 118 valence electrons. The Morgan fingerprint density at radius 2 is 2.23 bits per heavy atom. The molecule has 0 aromatic carbocycles. The van der Waals surface area contributed by atoms with E-state index in [1.54, 1.807) is 6.33 Å². The number of rotatable bonds is 5. The summed E-state index contributed by atoms with van der Waals surface area (Å²) in [6.07, 6.45) is 5.79. The minimum absolute atomic E-state index is 0.874. The molecule has 0 amide bonds. The van der Waals surface area contributed by atoms with Gasteiger partial charge in [0.05, 0.1) is 5.69 Å². The highest BCUT2D eigenvalue weighted by Gasteiger charge is 2.23. The van der Waals surface area contributed by atoms with E-state index >= 15 is 0 Å². The summed E-state index contributed by atoms with van der Waals surface area (Å²) in [4.78, 5) is 13.1. The van der Waals surface area contributed by atoms with Crippen LogP contribution in [0.4, 0.5) is 11.6 Å². The van der Waals surface area contributed by atoms with Gasteiger partial charge in [0, 0.05) is 57.4 Å². The molecule has 0 bridgehead atoms. The van der Waals surface area contributed by atoms with E-state index in [1.807, 2.05) is 36.8 Å². The lowest BCUT2D eigenvalue weighted by Crippen LogP contribution is -2.31. The zero-order valence-corrected chi connectivity index (χ0v) is 14.2. The van der Waals surface area contributed by atoms with Crippen LogP contribution in [0, 0.1) is 0 Å². The normalized spacial score (nSPS) is 14.0. The second-order valence-corrected chi connectivity index (χ2v) is 6.66. The molecule has 1 aliphatic heterocycles. The van der Waals surface area contributed by atoms with E-state index < -0.39 is 0 Å². The maximum absolute atomic E-state index is 4.50. The van der Waals surface area contributed by atoms with E-state index in [2.05, 4.69) is 31.3 Å².